The molecule has 0 aliphatic heterocycles. The minimum absolute atomic E-state index is 0.0827. The van der Waals surface area contributed by atoms with Crippen molar-refractivity contribution < 1.29 is 14.3 Å². The van der Waals surface area contributed by atoms with Crippen LogP contribution in [0.25, 0.3) is 10.8 Å². The third-order valence-electron chi connectivity index (χ3n) is 7.03. The van der Waals surface area contributed by atoms with Gasteiger partial charge in [0.1, 0.15) is 5.82 Å². The lowest BCUT2D eigenvalue weighted by molar-refractivity contribution is -0.120. The van der Waals surface area contributed by atoms with Gasteiger partial charge < -0.3 is 4.74 Å². The number of hydrogen-bond donors (Lipinski definition) is 0. The Bertz CT molecular complexity index is 1230. The van der Waals surface area contributed by atoms with E-state index in [1.54, 1.807) is 18.3 Å². The Balaban J connectivity index is 1.58. The van der Waals surface area contributed by atoms with Crippen LogP contribution in [0.4, 0.5) is 5.82 Å². The third-order valence-corrected chi connectivity index (χ3v) is 7.28. The van der Waals surface area contributed by atoms with Gasteiger partial charge in [-0.2, -0.15) is 0 Å². The number of anilines is 1. The standard InChI is InChI=1S/C30H35ClN2O3/c1-30(2,3)18-27(34)33(19-20-5-7-21(8-6-20)22-9-12-25(31)13-10-22)28-26-14-11-24(29(35)36-4)17-23(26)15-16-32-28/h9-17,20-21H,5-8,18-19H2,1-4H3. The first-order chi connectivity index (χ1) is 17.1. The molecule has 0 radical (unpaired) electrons. The van der Waals surface area contributed by atoms with Crippen LogP contribution in [0.5, 0.6) is 0 Å². The van der Waals surface area contributed by atoms with E-state index in [0.717, 1.165) is 41.5 Å². The highest BCUT2D eigenvalue weighted by Gasteiger charge is 2.29. The molecule has 0 bridgehead atoms. The molecule has 1 heterocycles. The van der Waals surface area contributed by atoms with Crippen LogP contribution in [0.15, 0.2) is 54.7 Å². The smallest absolute Gasteiger partial charge is 0.337 e. The Morgan fingerprint density at radius 3 is 2.36 bits per heavy atom. The fraction of sp³-hybridized carbons (Fsp3) is 0.433. The van der Waals surface area contributed by atoms with Crippen LogP contribution >= 0.6 is 11.6 Å². The highest BCUT2D eigenvalue weighted by Crippen LogP contribution is 2.38. The molecule has 0 saturated heterocycles. The van der Waals surface area contributed by atoms with E-state index in [4.69, 9.17) is 16.3 Å². The highest BCUT2D eigenvalue weighted by molar-refractivity contribution is 6.30. The molecule has 4 rings (SSSR count). The van der Waals surface area contributed by atoms with Gasteiger partial charge in [-0.15, -0.1) is 0 Å². The normalized spacial score (nSPS) is 18.1. The van der Waals surface area contributed by atoms with Crippen LogP contribution in [0.1, 0.15) is 74.7 Å². The van der Waals surface area contributed by atoms with Crippen molar-refractivity contribution >= 4 is 40.1 Å². The lowest BCUT2D eigenvalue weighted by Gasteiger charge is -2.34. The van der Waals surface area contributed by atoms with Gasteiger partial charge in [0.2, 0.25) is 5.91 Å². The Hall–Kier alpha value is -2.92. The largest absolute Gasteiger partial charge is 0.465 e. The topological polar surface area (TPSA) is 59.5 Å². The summed E-state index contributed by atoms with van der Waals surface area (Å²) in [5.74, 6) is 1.30. The number of pyridine rings is 1. The summed E-state index contributed by atoms with van der Waals surface area (Å²) in [6.45, 7) is 6.89. The number of benzene rings is 2. The van der Waals surface area contributed by atoms with Crippen molar-refractivity contribution in [3.8, 4) is 0 Å². The van der Waals surface area contributed by atoms with Crippen LogP contribution in [0.2, 0.25) is 5.02 Å². The van der Waals surface area contributed by atoms with E-state index in [1.807, 2.05) is 29.2 Å². The molecule has 1 aliphatic rings. The van der Waals surface area contributed by atoms with Gasteiger partial charge in [-0.1, -0.05) is 44.5 Å². The summed E-state index contributed by atoms with van der Waals surface area (Å²) in [6, 6.07) is 15.5. The summed E-state index contributed by atoms with van der Waals surface area (Å²) < 4.78 is 4.88. The van der Waals surface area contributed by atoms with Crippen LogP contribution < -0.4 is 4.90 Å². The number of hydrogen-bond acceptors (Lipinski definition) is 4. The Labute approximate surface area is 218 Å². The molecule has 0 spiro atoms. The van der Waals surface area contributed by atoms with E-state index in [0.29, 0.717) is 36.2 Å². The maximum absolute atomic E-state index is 13.6. The first-order valence-corrected chi connectivity index (χ1v) is 13.1. The Morgan fingerprint density at radius 1 is 1.03 bits per heavy atom. The predicted octanol–water partition coefficient (Wildman–Crippen LogP) is 7.42. The molecule has 5 nitrogen and oxygen atoms in total. The average Bonchev–Trinajstić information content (AvgIpc) is 2.86. The third kappa shape index (κ3) is 6.25. The van der Waals surface area contributed by atoms with Crippen molar-refractivity contribution in [1.82, 2.24) is 4.98 Å². The molecule has 1 fully saturated rings. The fourth-order valence-corrected chi connectivity index (χ4v) is 5.27. The van der Waals surface area contributed by atoms with Gasteiger partial charge in [0, 0.05) is 29.6 Å². The number of amides is 1. The zero-order chi connectivity index (χ0) is 25.9. The molecular weight excluding hydrogens is 472 g/mol. The van der Waals surface area contributed by atoms with E-state index in [2.05, 4.69) is 37.9 Å². The van der Waals surface area contributed by atoms with Crippen LogP contribution in [-0.2, 0) is 9.53 Å². The zero-order valence-electron chi connectivity index (χ0n) is 21.6. The minimum atomic E-state index is -0.381. The van der Waals surface area contributed by atoms with E-state index < -0.39 is 0 Å². The van der Waals surface area contributed by atoms with Gasteiger partial charge in [-0.05, 0) is 90.3 Å². The summed E-state index contributed by atoms with van der Waals surface area (Å²) in [4.78, 5) is 32.2. The molecule has 2 aromatic carbocycles. The number of fused-ring (bicyclic) bond motifs is 1. The van der Waals surface area contributed by atoms with Crippen molar-refractivity contribution in [3.05, 3.63) is 70.9 Å². The average molecular weight is 507 g/mol. The molecule has 190 valence electrons. The molecular formula is C30H35ClN2O3. The second-order valence-electron chi connectivity index (χ2n) is 11.1. The maximum atomic E-state index is 13.6. The van der Waals surface area contributed by atoms with Gasteiger partial charge in [0.05, 0.1) is 12.7 Å². The number of ether oxygens (including phenoxy) is 1. The summed E-state index contributed by atoms with van der Waals surface area (Å²) in [5.41, 5.74) is 1.69. The second-order valence-corrected chi connectivity index (χ2v) is 11.5. The van der Waals surface area contributed by atoms with E-state index in [9.17, 15) is 9.59 Å². The van der Waals surface area contributed by atoms with Crippen LogP contribution in [0, 0.1) is 11.3 Å². The SMILES string of the molecule is COC(=O)c1ccc2c(N(CC3CCC(c4ccc(Cl)cc4)CC3)C(=O)CC(C)(C)C)nccc2c1. The van der Waals surface area contributed by atoms with E-state index in [-0.39, 0.29) is 17.3 Å². The summed E-state index contributed by atoms with van der Waals surface area (Å²) in [5, 5.41) is 2.49. The second kappa shape index (κ2) is 11.0. The molecule has 3 aromatic rings. The van der Waals surface area contributed by atoms with Crippen molar-refractivity contribution in [2.75, 3.05) is 18.6 Å². The first-order valence-electron chi connectivity index (χ1n) is 12.7. The summed E-state index contributed by atoms with van der Waals surface area (Å²) in [6.07, 6.45) is 6.46. The number of nitrogens with zero attached hydrogens (tertiary/aromatic N) is 2. The first kappa shape index (κ1) is 26.2. The summed E-state index contributed by atoms with van der Waals surface area (Å²) in [7, 11) is 1.37. The molecule has 1 amide bonds. The monoisotopic (exact) mass is 506 g/mol. The van der Waals surface area contributed by atoms with Crippen molar-refractivity contribution in [3.63, 3.8) is 0 Å². The van der Waals surface area contributed by atoms with Crippen molar-refractivity contribution in [2.45, 2.75) is 58.8 Å². The quantitative estimate of drug-likeness (QED) is 0.326. The van der Waals surface area contributed by atoms with E-state index in [1.165, 1.54) is 12.7 Å². The Kier molecular flexibility index (Phi) is 7.99. The number of rotatable bonds is 6. The number of carbonyl (C=O) groups is 2. The maximum Gasteiger partial charge on any atom is 0.337 e. The molecule has 1 aromatic heterocycles. The molecule has 1 aliphatic carbocycles. The molecule has 36 heavy (non-hydrogen) atoms. The Morgan fingerprint density at radius 2 is 1.72 bits per heavy atom. The molecule has 0 N–H and O–H groups in total. The summed E-state index contributed by atoms with van der Waals surface area (Å²) >= 11 is 6.07. The van der Waals surface area contributed by atoms with Gasteiger partial charge in [-0.3, -0.25) is 9.69 Å². The fourth-order valence-electron chi connectivity index (χ4n) is 5.15. The highest BCUT2D eigenvalue weighted by atomic mass is 35.5. The van der Waals surface area contributed by atoms with Gasteiger partial charge >= 0.3 is 5.97 Å². The number of carbonyl (C=O) groups excluding carboxylic acids is 2. The predicted molar refractivity (Wildman–Crippen MR) is 146 cm³/mol. The molecule has 0 atom stereocenters. The number of esters is 1. The lowest BCUT2D eigenvalue weighted by atomic mass is 9.78. The van der Waals surface area contributed by atoms with Crippen LogP contribution in [0.3, 0.4) is 0 Å². The number of methoxy groups -OCH3 is 1. The molecule has 1 saturated carbocycles. The van der Waals surface area contributed by atoms with E-state index >= 15 is 0 Å². The van der Waals surface area contributed by atoms with Gasteiger partial charge in [0.25, 0.3) is 0 Å². The number of aromatic nitrogens is 1. The van der Waals surface area contributed by atoms with Crippen LogP contribution in [-0.4, -0.2) is 30.5 Å². The lowest BCUT2D eigenvalue weighted by Crippen LogP contribution is -2.39. The zero-order valence-corrected chi connectivity index (χ0v) is 22.3. The minimum Gasteiger partial charge on any atom is -0.465 e. The van der Waals surface area contributed by atoms with Gasteiger partial charge in [-0.25, -0.2) is 9.78 Å². The van der Waals surface area contributed by atoms with Crippen molar-refractivity contribution in [2.24, 2.45) is 11.3 Å². The molecule has 0 unspecified atom stereocenters. The van der Waals surface area contributed by atoms with Crippen molar-refractivity contribution in [1.29, 1.82) is 0 Å². The number of halogens is 1. The molecule has 6 heteroatoms. The van der Waals surface area contributed by atoms with Gasteiger partial charge in [0.15, 0.2) is 0 Å².